The number of carbonyl (C=O) groups is 3. The zero-order valence-corrected chi connectivity index (χ0v) is 21.3. The topological polar surface area (TPSA) is 102 Å². The average molecular weight is 496 g/mol. The Morgan fingerprint density at radius 1 is 1.17 bits per heavy atom. The minimum absolute atomic E-state index is 0.0369. The Morgan fingerprint density at radius 3 is 2.69 bits per heavy atom. The van der Waals surface area contributed by atoms with Gasteiger partial charge in [-0.3, -0.25) is 9.59 Å². The Hall–Kier alpha value is -3.29. The van der Waals surface area contributed by atoms with E-state index in [9.17, 15) is 19.5 Å². The molecule has 0 aromatic heterocycles. The van der Waals surface area contributed by atoms with E-state index in [-0.39, 0.29) is 30.8 Å². The fraction of sp³-hybridized carbons (Fsp3) is 0.414. The van der Waals surface area contributed by atoms with Crippen molar-refractivity contribution in [2.24, 2.45) is 0 Å². The van der Waals surface area contributed by atoms with Crippen molar-refractivity contribution in [1.82, 2.24) is 5.32 Å². The number of aliphatic hydroxyl groups is 1. The Bertz CT molecular complexity index is 997. The van der Waals surface area contributed by atoms with Gasteiger partial charge in [-0.15, -0.1) is 0 Å². The number of carbonyl (C=O) groups excluding carboxylic acids is 3. The number of aliphatic hydroxyl groups excluding tert-OH is 1. The molecule has 2 aliphatic heterocycles. The molecule has 36 heavy (non-hydrogen) atoms. The highest BCUT2D eigenvalue weighted by molar-refractivity contribution is 5.91. The van der Waals surface area contributed by atoms with Gasteiger partial charge < -0.3 is 19.9 Å². The number of amides is 1. The summed E-state index contributed by atoms with van der Waals surface area (Å²) in [6.45, 7) is 9.61. The number of rotatable bonds is 4. The Morgan fingerprint density at radius 2 is 1.94 bits per heavy atom. The van der Waals surface area contributed by atoms with Gasteiger partial charge in [-0.1, -0.05) is 65.8 Å². The molecule has 7 heteroatoms. The van der Waals surface area contributed by atoms with Gasteiger partial charge in [0.2, 0.25) is 5.91 Å². The maximum absolute atomic E-state index is 12.5. The molecule has 2 N–H and O–H groups in total. The molecule has 0 saturated carbocycles. The predicted octanol–water partition coefficient (Wildman–Crippen LogP) is 4.33. The lowest BCUT2D eigenvalue weighted by Gasteiger charge is -2.30. The largest absolute Gasteiger partial charge is 0.454 e. The van der Waals surface area contributed by atoms with Gasteiger partial charge in [0.1, 0.15) is 0 Å². The van der Waals surface area contributed by atoms with Crippen LogP contribution >= 0.6 is 0 Å². The lowest BCUT2D eigenvalue weighted by molar-refractivity contribution is -0.151. The zero-order valence-electron chi connectivity index (χ0n) is 21.3. The van der Waals surface area contributed by atoms with Gasteiger partial charge in [-0.25, -0.2) is 4.79 Å². The normalized spacial score (nSPS) is 30.3. The summed E-state index contributed by atoms with van der Waals surface area (Å²) >= 11 is 0. The molecule has 2 rings (SSSR count). The number of cyclic esters (lactones) is 1. The third kappa shape index (κ3) is 11.0. The fourth-order valence-corrected chi connectivity index (χ4v) is 3.96. The van der Waals surface area contributed by atoms with E-state index >= 15 is 0 Å². The molecule has 0 aliphatic carbocycles. The Labute approximate surface area is 213 Å². The van der Waals surface area contributed by atoms with Gasteiger partial charge >= 0.3 is 5.97 Å². The van der Waals surface area contributed by atoms with Gasteiger partial charge in [0.05, 0.1) is 12.2 Å². The lowest BCUT2D eigenvalue weighted by Crippen LogP contribution is -2.44. The summed E-state index contributed by atoms with van der Waals surface area (Å²) in [5.41, 5.74) is 2.67. The van der Waals surface area contributed by atoms with E-state index in [1.54, 1.807) is 37.3 Å². The second-order valence-electron chi connectivity index (χ2n) is 9.14. The molecule has 194 valence electrons. The average Bonchev–Trinajstić information content (AvgIpc) is 2.77. The first-order valence-corrected chi connectivity index (χ1v) is 12.2. The van der Waals surface area contributed by atoms with Gasteiger partial charge in [-0.05, 0) is 46.1 Å². The first kappa shape index (κ1) is 28.9. The van der Waals surface area contributed by atoms with Crippen LogP contribution in [0.2, 0.25) is 0 Å². The molecule has 1 fully saturated rings. The van der Waals surface area contributed by atoms with Crippen molar-refractivity contribution in [1.29, 1.82) is 0 Å². The number of fused-ring (bicyclic) bond motifs is 2. The van der Waals surface area contributed by atoms with E-state index in [0.717, 1.165) is 23.1 Å². The molecule has 1 amide bonds. The maximum atomic E-state index is 12.5. The second-order valence-corrected chi connectivity index (χ2v) is 9.14. The van der Waals surface area contributed by atoms with Crippen molar-refractivity contribution in [3.8, 4) is 0 Å². The molecular weight excluding hydrogens is 458 g/mol. The van der Waals surface area contributed by atoms with E-state index in [1.165, 1.54) is 18.2 Å². The number of nitrogens with one attached hydrogen (secondary N) is 1. The number of hydrogen-bond donors (Lipinski definition) is 2. The smallest absolute Gasteiger partial charge is 0.331 e. The van der Waals surface area contributed by atoms with E-state index in [0.29, 0.717) is 12.8 Å². The number of esters is 1. The van der Waals surface area contributed by atoms with Crippen molar-refractivity contribution < 1.29 is 29.0 Å². The molecule has 2 heterocycles. The van der Waals surface area contributed by atoms with Crippen molar-refractivity contribution in [3.63, 3.8) is 0 Å². The number of hydrogen-bond acceptors (Lipinski definition) is 6. The molecule has 7 nitrogen and oxygen atoms in total. The van der Waals surface area contributed by atoms with Crippen LogP contribution in [0.3, 0.4) is 0 Å². The van der Waals surface area contributed by atoms with E-state index in [4.69, 9.17) is 9.47 Å². The van der Waals surface area contributed by atoms with Crippen LogP contribution in [0.25, 0.3) is 0 Å². The van der Waals surface area contributed by atoms with Crippen LogP contribution < -0.4 is 5.32 Å². The Kier molecular flexibility index (Phi) is 12.0. The maximum Gasteiger partial charge on any atom is 0.331 e. The van der Waals surface area contributed by atoms with Crippen LogP contribution in [0, 0.1) is 0 Å². The highest BCUT2D eigenvalue weighted by atomic mass is 16.6. The molecule has 2 unspecified atom stereocenters. The molecule has 0 aromatic rings. The standard InChI is InChI=1S/C29H37NO6/c1-5-6-7-13-27(32)30-29(34)26-19-22(4)18-25-17-21(3)16-24(35-25)12-9-11-23(31)15-20(2)10-8-14-28(33)36-26/h5-11,13-14,18,24-26,29,34H,3,12,15-17,19H2,1-2,4H3,(H,30,32)/b6-5+,11-9+,13-7-,14-8+,20-10-,22-18+/t24-,25-,26?,29?/m1/s1. The Balaban J connectivity index is 2.28. The summed E-state index contributed by atoms with van der Waals surface area (Å²) in [6.07, 6.45) is 15.6. The van der Waals surface area contributed by atoms with Crippen molar-refractivity contribution in [3.05, 3.63) is 84.1 Å². The van der Waals surface area contributed by atoms with E-state index in [1.807, 2.05) is 26.0 Å². The van der Waals surface area contributed by atoms with Gasteiger partial charge in [0.15, 0.2) is 18.1 Å². The van der Waals surface area contributed by atoms with Gasteiger partial charge in [-0.2, -0.15) is 0 Å². The number of ketones is 1. The predicted molar refractivity (Wildman–Crippen MR) is 140 cm³/mol. The van der Waals surface area contributed by atoms with Gasteiger partial charge in [0, 0.05) is 25.0 Å². The van der Waals surface area contributed by atoms with Crippen LogP contribution in [0.5, 0.6) is 0 Å². The van der Waals surface area contributed by atoms with Crippen LogP contribution in [-0.4, -0.2) is 47.3 Å². The molecule has 2 aliphatic rings. The van der Waals surface area contributed by atoms with Crippen molar-refractivity contribution in [2.45, 2.75) is 77.4 Å². The molecule has 0 aromatic carbocycles. The molecule has 0 spiro atoms. The first-order chi connectivity index (χ1) is 17.2. The van der Waals surface area contributed by atoms with Crippen LogP contribution in [0.1, 0.15) is 52.9 Å². The molecule has 4 atom stereocenters. The summed E-state index contributed by atoms with van der Waals surface area (Å²) in [4.78, 5) is 36.8. The van der Waals surface area contributed by atoms with Crippen molar-refractivity contribution >= 4 is 17.7 Å². The molecule has 2 bridgehead atoms. The third-order valence-electron chi connectivity index (χ3n) is 5.60. The number of allylic oxidation sites excluding steroid dienone is 7. The molecule has 0 radical (unpaired) electrons. The minimum atomic E-state index is -1.42. The molecule has 1 saturated heterocycles. The lowest BCUT2D eigenvalue weighted by atomic mass is 9.95. The summed E-state index contributed by atoms with van der Waals surface area (Å²) in [6, 6.07) is 0. The van der Waals surface area contributed by atoms with E-state index < -0.39 is 24.2 Å². The van der Waals surface area contributed by atoms with Crippen LogP contribution in [0.15, 0.2) is 84.1 Å². The van der Waals surface area contributed by atoms with Gasteiger partial charge in [0.25, 0.3) is 0 Å². The summed E-state index contributed by atoms with van der Waals surface area (Å²) in [5.74, 6) is -1.23. The van der Waals surface area contributed by atoms with Crippen LogP contribution in [-0.2, 0) is 23.9 Å². The highest BCUT2D eigenvalue weighted by Crippen LogP contribution is 2.27. The fourth-order valence-electron chi connectivity index (χ4n) is 3.96. The van der Waals surface area contributed by atoms with Crippen LogP contribution in [0.4, 0.5) is 0 Å². The summed E-state index contributed by atoms with van der Waals surface area (Å²) in [7, 11) is 0. The van der Waals surface area contributed by atoms with E-state index in [2.05, 4.69) is 11.9 Å². The minimum Gasteiger partial charge on any atom is -0.454 e. The monoisotopic (exact) mass is 495 g/mol. The first-order valence-electron chi connectivity index (χ1n) is 12.2. The SMILES string of the molecule is C=C1C[C@H]2C/C=C/C(=O)C/C(C)=C\C=C\C(=O)OC(C(O)NC(=O)/C=C\C=C\C)C/C(C)=C/[C@@H](C1)O2. The third-order valence-corrected chi connectivity index (χ3v) is 5.60. The zero-order chi connectivity index (χ0) is 26.5. The summed E-state index contributed by atoms with van der Waals surface area (Å²) in [5, 5.41) is 13.1. The molecular formula is C29H37NO6. The quantitative estimate of drug-likeness (QED) is 0.198. The number of ether oxygens (including phenoxy) is 2. The highest BCUT2D eigenvalue weighted by Gasteiger charge is 2.26. The van der Waals surface area contributed by atoms with Crippen molar-refractivity contribution in [2.75, 3.05) is 0 Å². The summed E-state index contributed by atoms with van der Waals surface area (Å²) < 4.78 is 11.7. The second kappa shape index (κ2) is 15.0.